The minimum Gasteiger partial charge on any atom is -0.185 e. The van der Waals surface area contributed by atoms with Crippen molar-refractivity contribution < 1.29 is 0 Å². The summed E-state index contributed by atoms with van der Waals surface area (Å²) in [5, 5.41) is 10.4. The van der Waals surface area contributed by atoms with Crippen LogP contribution in [0.1, 0.15) is 19.8 Å². The fourth-order valence-corrected chi connectivity index (χ4v) is 1.32. The number of nitrogens with zero attached hydrogens (tertiary/aromatic N) is 1. The highest BCUT2D eigenvalue weighted by Crippen LogP contribution is 2.25. The Balaban J connectivity index is 2.57. The first-order chi connectivity index (χ1) is 4.83. The Kier molecular flexibility index (Phi) is 2.58. The van der Waals surface area contributed by atoms with E-state index in [1.54, 1.807) is 0 Å². The summed E-state index contributed by atoms with van der Waals surface area (Å²) < 4.78 is 0. The monoisotopic (exact) mass is 151 g/mol. The number of hydrogen-bond donors (Lipinski definition) is 0. The quantitative estimate of drug-likeness (QED) is 0.538. The zero-order valence-electron chi connectivity index (χ0n) is 5.92. The van der Waals surface area contributed by atoms with E-state index in [2.05, 4.69) is 18.4 Å². The van der Waals surface area contributed by atoms with Crippen molar-refractivity contribution in [3.05, 3.63) is 22.6 Å². The third kappa shape index (κ3) is 1.93. The Morgan fingerprint density at radius 3 is 2.80 bits per heavy atom. The first-order valence-corrected chi connectivity index (χ1v) is 4.07. The molecule has 1 aliphatic carbocycles. The lowest BCUT2D eigenvalue weighted by molar-refractivity contribution is 0.950. The molecular weight excluding hydrogens is 142 g/mol. The number of nitriles is 1. The lowest BCUT2D eigenvalue weighted by atomic mass is 10.1. The molecule has 0 spiro atoms. The molecule has 1 rings (SSSR count). The van der Waals surface area contributed by atoms with Gasteiger partial charge in [-0.15, -0.1) is 0 Å². The molecule has 0 bridgehead atoms. The first-order valence-electron chi connectivity index (χ1n) is 3.25. The van der Waals surface area contributed by atoms with Gasteiger partial charge >= 0.3 is 0 Å². The zero-order valence-corrected chi connectivity index (χ0v) is 6.74. The zero-order chi connectivity index (χ0) is 7.40. The van der Waals surface area contributed by atoms with Crippen molar-refractivity contribution in [3.63, 3.8) is 0 Å². The van der Waals surface area contributed by atoms with Gasteiger partial charge in [0.15, 0.2) is 0 Å². The molecule has 0 aliphatic heterocycles. The van der Waals surface area contributed by atoms with E-state index in [1.807, 2.05) is 6.08 Å². The van der Waals surface area contributed by atoms with Gasteiger partial charge in [-0.25, -0.2) is 0 Å². The molecule has 0 heterocycles. The third-order valence-electron chi connectivity index (χ3n) is 1.50. The number of rotatable bonds is 1. The second-order valence-electron chi connectivity index (χ2n) is 2.34. The van der Waals surface area contributed by atoms with E-state index in [-0.39, 0.29) is 0 Å². The van der Waals surface area contributed by atoms with Gasteiger partial charge in [0.1, 0.15) is 5.40 Å². The van der Waals surface area contributed by atoms with Gasteiger partial charge in [-0.2, -0.15) is 5.26 Å². The van der Waals surface area contributed by atoms with Gasteiger partial charge in [0.2, 0.25) is 0 Å². The fraction of sp³-hybridized carbons (Fsp3) is 0.375. The molecule has 0 atom stereocenters. The number of allylic oxidation sites excluding steroid dienone is 4. The van der Waals surface area contributed by atoms with Gasteiger partial charge in [0.25, 0.3) is 0 Å². The molecule has 0 amide bonds. The van der Waals surface area contributed by atoms with Crippen molar-refractivity contribution in [2.75, 3.05) is 0 Å². The molecule has 1 nitrogen and oxygen atoms in total. The summed E-state index contributed by atoms with van der Waals surface area (Å²) >= 11 is 1.28. The largest absolute Gasteiger partial charge is 0.185 e. The van der Waals surface area contributed by atoms with E-state index >= 15 is 0 Å². The van der Waals surface area contributed by atoms with Crippen LogP contribution in [0.15, 0.2) is 22.6 Å². The first kappa shape index (κ1) is 7.43. The normalized spacial score (nSPS) is 17.2. The van der Waals surface area contributed by atoms with Crippen molar-refractivity contribution in [1.82, 2.24) is 0 Å². The minimum atomic E-state index is 1.04. The Morgan fingerprint density at radius 2 is 2.30 bits per heavy atom. The van der Waals surface area contributed by atoms with Crippen LogP contribution >= 0.6 is 11.8 Å². The standard InChI is InChI=1S/C8H9NS/c1-7-2-4-8(5-3-7)10-6-9/h2,4H,3,5H2,1H3. The van der Waals surface area contributed by atoms with Crippen LogP contribution in [0.3, 0.4) is 0 Å². The predicted molar refractivity (Wildman–Crippen MR) is 44.3 cm³/mol. The maximum Gasteiger partial charge on any atom is 0.138 e. The Hall–Kier alpha value is -0.680. The summed E-state index contributed by atoms with van der Waals surface area (Å²) in [7, 11) is 0. The lowest BCUT2D eigenvalue weighted by Gasteiger charge is -2.06. The van der Waals surface area contributed by atoms with Crippen molar-refractivity contribution in [2.24, 2.45) is 0 Å². The topological polar surface area (TPSA) is 23.8 Å². The van der Waals surface area contributed by atoms with Crippen molar-refractivity contribution in [2.45, 2.75) is 19.8 Å². The summed E-state index contributed by atoms with van der Waals surface area (Å²) in [4.78, 5) is 1.19. The highest BCUT2D eigenvalue weighted by Gasteiger charge is 2.02. The van der Waals surface area contributed by atoms with Crippen molar-refractivity contribution in [1.29, 1.82) is 5.26 Å². The van der Waals surface area contributed by atoms with Gasteiger partial charge < -0.3 is 0 Å². The number of thiocyanates is 1. The molecule has 0 aromatic carbocycles. The van der Waals surface area contributed by atoms with E-state index in [0.717, 1.165) is 12.8 Å². The molecule has 0 saturated carbocycles. The maximum atomic E-state index is 8.34. The van der Waals surface area contributed by atoms with E-state index in [1.165, 1.54) is 22.2 Å². The van der Waals surface area contributed by atoms with Crippen LogP contribution in [0, 0.1) is 10.7 Å². The summed E-state index contributed by atoms with van der Waals surface area (Å²) in [5.41, 5.74) is 1.40. The molecule has 0 N–H and O–H groups in total. The van der Waals surface area contributed by atoms with E-state index in [9.17, 15) is 0 Å². The third-order valence-corrected chi connectivity index (χ3v) is 2.19. The minimum absolute atomic E-state index is 1.04. The van der Waals surface area contributed by atoms with Crippen LogP contribution in [0.5, 0.6) is 0 Å². The van der Waals surface area contributed by atoms with Gasteiger partial charge in [-0.3, -0.25) is 0 Å². The molecule has 52 valence electrons. The molecule has 0 fully saturated rings. The second-order valence-corrected chi connectivity index (χ2v) is 3.25. The van der Waals surface area contributed by atoms with Gasteiger partial charge in [0, 0.05) is 4.91 Å². The van der Waals surface area contributed by atoms with E-state index in [0.29, 0.717) is 0 Å². The molecule has 0 saturated heterocycles. The molecule has 10 heavy (non-hydrogen) atoms. The van der Waals surface area contributed by atoms with Crippen molar-refractivity contribution >= 4 is 11.8 Å². The molecule has 2 heteroatoms. The Labute approximate surface area is 65.4 Å². The molecule has 0 aromatic heterocycles. The van der Waals surface area contributed by atoms with Crippen molar-refractivity contribution in [3.8, 4) is 5.40 Å². The highest BCUT2D eigenvalue weighted by atomic mass is 32.2. The predicted octanol–water partition coefficient (Wildman–Crippen LogP) is 2.82. The molecule has 0 unspecified atom stereocenters. The molecule has 1 aliphatic rings. The van der Waals surface area contributed by atoms with Gasteiger partial charge in [0.05, 0.1) is 0 Å². The van der Waals surface area contributed by atoms with Crippen LogP contribution in [-0.2, 0) is 0 Å². The Morgan fingerprint density at radius 1 is 1.50 bits per heavy atom. The smallest absolute Gasteiger partial charge is 0.138 e. The summed E-state index contributed by atoms with van der Waals surface area (Å²) in [6.07, 6.45) is 6.27. The van der Waals surface area contributed by atoms with Crippen LogP contribution in [-0.4, -0.2) is 0 Å². The van der Waals surface area contributed by atoms with Crippen LogP contribution in [0.2, 0.25) is 0 Å². The van der Waals surface area contributed by atoms with Crippen LogP contribution < -0.4 is 0 Å². The SMILES string of the molecule is CC1=CC=C(SC#N)CC1. The lowest BCUT2D eigenvalue weighted by Crippen LogP contribution is -1.85. The molecular formula is C8H9NS. The number of hydrogen-bond acceptors (Lipinski definition) is 2. The van der Waals surface area contributed by atoms with E-state index < -0.39 is 0 Å². The van der Waals surface area contributed by atoms with E-state index in [4.69, 9.17) is 5.26 Å². The second kappa shape index (κ2) is 3.48. The maximum absolute atomic E-state index is 8.34. The van der Waals surface area contributed by atoms with Crippen LogP contribution in [0.25, 0.3) is 0 Å². The number of thioether (sulfide) groups is 1. The highest BCUT2D eigenvalue weighted by molar-refractivity contribution is 8.07. The fourth-order valence-electron chi connectivity index (χ4n) is 0.866. The average Bonchev–Trinajstić information content (AvgIpc) is 1.95. The summed E-state index contributed by atoms with van der Waals surface area (Å²) in [6.45, 7) is 2.12. The molecule has 0 radical (unpaired) electrons. The van der Waals surface area contributed by atoms with Gasteiger partial charge in [-0.05, 0) is 31.5 Å². The summed E-state index contributed by atoms with van der Waals surface area (Å²) in [5.74, 6) is 0. The average molecular weight is 151 g/mol. The Bertz CT molecular complexity index is 220. The van der Waals surface area contributed by atoms with Crippen LogP contribution in [0.4, 0.5) is 0 Å². The summed E-state index contributed by atoms with van der Waals surface area (Å²) in [6, 6.07) is 0. The van der Waals surface area contributed by atoms with Gasteiger partial charge in [-0.1, -0.05) is 17.7 Å². The molecule has 0 aromatic rings.